The van der Waals surface area contributed by atoms with Crippen LogP contribution in [-0.4, -0.2) is 0 Å². The summed E-state index contributed by atoms with van der Waals surface area (Å²) in [5, 5.41) is 2.96. The molecule has 0 heterocycles. The van der Waals surface area contributed by atoms with Crippen molar-refractivity contribution in [1.82, 2.24) is 0 Å². The van der Waals surface area contributed by atoms with Gasteiger partial charge in [0, 0.05) is 6.54 Å². The molecule has 0 radical (unpaired) electrons. The Morgan fingerprint density at radius 1 is 1.00 bits per heavy atom. The fourth-order valence-electron chi connectivity index (χ4n) is 1.45. The van der Waals surface area contributed by atoms with E-state index in [-0.39, 0.29) is 11.6 Å². The van der Waals surface area contributed by atoms with Crippen LogP contribution in [0, 0.1) is 11.6 Å². The zero-order valence-corrected chi connectivity index (χ0v) is 10.5. The number of hydrogen-bond acceptors (Lipinski definition) is 1. The standard InChI is InChI=1S/C13H10BrF2N/c14-10-7-9(5-6-11(10)15)8-17-13-4-2-1-3-12(13)16/h1-7,17H,8H2. The zero-order chi connectivity index (χ0) is 12.3. The van der Waals surface area contributed by atoms with Gasteiger partial charge in [-0.25, -0.2) is 8.78 Å². The predicted molar refractivity (Wildman–Crippen MR) is 67.8 cm³/mol. The van der Waals surface area contributed by atoms with E-state index in [9.17, 15) is 8.78 Å². The summed E-state index contributed by atoms with van der Waals surface area (Å²) in [6, 6.07) is 11.2. The molecule has 2 aromatic rings. The lowest BCUT2D eigenvalue weighted by atomic mass is 10.2. The van der Waals surface area contributed by atoms with Crippen LogP contribution in [0.3, 0.4) is 0 Å². The molecule has 0 aliphatic heterocycles. The second kappa shape index (κ2) is 5.27. The fraction of sp³-hybridized carbons (Fsp3) is 0.0769. The number of anilines is 1. The maximum absolute atomic E-state index is 13.3. The van der Waals surface area contributed by atoms with Crippen LogP contribution in [0.2, 0.25) is 0 Å². The van der Waals surface area contributed by atoms with Gasteiger partial charge in [0.1, 0.15) is 11.6 Å². The van der Waals surface area contributed by atoms with Gasteiger partial charge in [0.25, 0.3) is 0 Å². The van der Waals surface area contributed by atoms with Gasteiger partial charge in [0.2, 0.25) is 0 Å². The molecule has 0 saturated heterocycles. The van der Waals surface area contributed by atoms with E-state index in [0.717, 1.165) is 5.56 Å². The topological polar surface area (TPSA) is 12.0 Å². The first-order valence-electron chi connectivity index (χ1n) is 5.09. The number of rotatable bonds is 3. The third-order valence-corrected chi connectivity index (χ3v) is 2.95. The number of para-hydroxylation sites is 1. The monoisotopic (exact) mass is 297 g/mol. The number of hydrogen-bond donors (Lipinski definition) is 1. The Balaban J connectivity index is 2.08. The van der Waals surface area contributed by atoms with Gasteiger partial charge in [-0.1, -0.05) is 18.2 Å². The van der Waals surface area contributed by atoms with Crippen LogP contribution in [-0.2, 0) is 6.54 Å². The molecule has 0 aliphatic carbocycles. The predicted octanol–water partition coefficient (Wildman–Crippen LogP) is 4.34. The lowest BCUT2D eigenvalue weighted by Gasteiger charge is -2.07. The van der Waals surface area contributed by atoms with Crippen LogP contribution in [0.1, 0.15) is 5.56 Å². The third kappa shape index (κ3) is 3.03. The highest BCUT2D eigenvalue weighted by Crippen LogP contribution is 2.18. The first kappa shape index (κ1) is 12.0. The molecule has 0 amide bonds. The lowest BCUT2D eigenvalue weighted by Crippen LogP contribution is -2.01. The summed E-state index contributed by atoms with van der Waals surface area (Å²) in [7, 11) is 0. The second-order valence-electron chi connectivity index (χ2n) is 3.58. The first-order chi connectivity index (χ1) is 8.16. The van der Waals surface area contributed by atoms with Crippen molar-refractivity contribution in [3.8, 4) is 0 Å². The normalized spacial score (nSPS) is 10.3. The zero-order valence-electron chi connectivity index (χ0n) is 8.88. The van der Waals surface area contributed by atoms with E-state index in [4.69, 9.17) is 0 Å². The third-order valence-electron chi connectivity index (χ3n) is 2.34. The van der Waals surface area contributed by atoms with Crippen molar-refractivity contribution < 1.29 is 8.78 Å². The molecule has 88 valence electrons. The minimum Gasteiger partial charge on any atom is -0.379 e. The molecule has 0 fully saturated rings. The van der Waals surface area contributed by atoms with Crippen LogP contribution in [0.15, 0.2) is 46.9 Å². The molecule has 17 heavy (non-hydrogen) atoms. The number of nitrogens with one attached hydrogen (secondary N) is 1. The van der Waals surface area contributed by atoms with Crippen molar-refractivity contribution >= 4 is 21.6 Å². The van der Waals surface area contributed by atoms with Gasteiger partial charge in [-0.15, -0.1) is 0 Å². The van der Waals surface area contributed by atoms with Gasteiger partial charge < -0.3 is 5.32 Å². The second-order valence-corrected chi connectivity index (χ2v) is 4.44. The Bertz CT molecular complexity index is 529. The SMILES string of the molecule is Fc1ccc(CNc2ccccc2F)cc1Br. The Labute approximate surface area is 107 Å². The lowest BCUT2D eigenvalue weighted by molar-refractivity contribution is 0.620. The molecule has 1 N–H and O–H groups in total. The minimum absolute atomic E-state index is 0.298. The smallest absolute Gasteiger partial charge is 0.146 e. The fourth-order valence-corrected chi connectivity index (χ4v) is 1.88. The Kier molecular flexibility index (Phi) is 3.74. The molecule has 0 spiro atoms. The van der Waals surface area contributed by atoms with Gasteiger partial charge in [-0.05, 0) is 45.8 Å². The maximum Gasteiger partial charge on any atom is 0.146 e. The van der Waals surface area contributed by atoms with E-state index in [2.05, 4.69) is 21.2 Å². The van der Waals surface area contributed by atoms with E-state index >= 15 is 0 Å². The largest absolute Gasteiger partial charge is 0.379 e. The van der Waals surface area contributed by atoms with Crippen molar-refractivity contribution in [2.75, 3.05) is 5.32 Å². The summed E-state index contributed by atoms with van der Waals surface area (Å²) in [6.45, 7) is 0.444. The molecule has 2 rings (SSSR count). The van der Waals surface area contributed by atoms with Gasteiger partial charge in [0.15, 0.2) is 0 Å². The average Bonchev–Trinajstić information content (AvgIpc) is 2.32. The Morgan fingerprint density at radius 2 is 1.76 bits per heavy atom. The van der Waals surface area contributed by atoms with Crippen molar-refractivity contribution in [2.45, 2.75) is 6.54 Å². The van der Waals surface area contributed by atoms with E-state index in [1.807, 2.05) is 0 Å². The van der Waals surface area contributed by atoms with E-state index in [1.54, 1.807) is 30.3 Å². The molecular weight excluding hydrogens is 288 g/mol. The van der Waals surface area contributed by atoms with Crippen LogP contribution < -0.4 is 5.32 Å². The van der Waals surface area contributed by atoms with Crippen LogP contribution >= 0.6 is 15.9 Å². The van der Waals surface area contributed by atoms with Gasteiger partial charge in [-0.2, -0.15) is 0 Å². The summed E-state index contributed by atoms with van der Waals surface area (Å²) in [4.78, 5) is 0. The summed E-state index contributed by atoms with van der Waals surface area (Å²) in [6.07, 6.45) is 0. The van der Waals surface area contributed by atoms with Gasteiger partial charge in [-0.3, -0.25) is 0 Å². The molecule has 2 aromatic carbocycles. The molecule has 4 heteroatoms. The molecule has 0 bridgehead atoms. The molecule has 0 aromatic heterocycles. The van der Waals surface area contributed by atoms with Gasteiger partial charge in [0.05, 0.1) is 10.2 Å². The molecule has 0 aliphatic rings. The summed E-state index contributed by atoms with van der Waals surface area (Å²) >= 11 is 3.11. The molecule has 0 saturated carbocycles. The van der Waals surface area contributed by atoms with Crippen molar-refractivity contribution in [1.29, 1.82) is 0 Å². The quantitative estimate of drug-likeness (QED) is 0.889. The highest BCUT2D eigenvalue weighted by molar-refractivity contribution is 9.10. The first-order valence-corrected chi connectivity index (χ1v) is 5.88. The highest BCUT2D eigenvalue weighted by Gasteiger charge is 2.02. The molecular formula is C13H10BrF2N. The number of benzene rings is 2. The van der Waals surface area contributed by atoms with Gasteiger partial charge >= 0.3 is 0 Å². The highest BCUT2D eigenvalue weighted by atomic mass is 79.9. The average molecular weight is 298 g/mol. The molecule has 0 atom stereocenters. The van der Waals surface area contributed by atoms with Crippen LogP contribution in [0.5, 0.6) is 0 Å². The van der Waals surface area contributed by atoms with Crippen molar-refractivity contribution in [3.63, 3.8) is 0 Å². The van der Waals surface area contributed by atoms with Crippen molar-refractivity contribution in [2.24, 2.45) is 0 Å². The maximum atomic E-state index is 13.3. The van der Waals surface area contributed by atoms with Crippen LogP contribution in [0.25, 0.3) is 0 Å². The summed E-state index contributed by atoms with van der Waals surface area (Å²) in [5.74, 6) is -0.603. The number of halogens is 3. The van der Waals surface area contributed by atoms with Crippen molar-refractivity contribution in [3.05, 3.63) is 64.1 Å². The van der Waals surface area contributed by atoms with Crippen LogP contribution in [0.4, 0.5) is 14.5 Å². The Morgan fingerprint density at radius 3 is 2.47 bits per heavy atom. The summed E-state index contributed by atoms with van der Waals surface area (Å²) in [5.41, 5.74) is 1.31. The Hall–Kier alpha value is -1.42. The van der Waals surface area contributed by atoms with E-state index in [0.29, 0.717) is 16.7 Å². The minimum atomic E-state index is -0.306. The van der Waals surface area contributed by atoms with E-state index in [1.165, 1.54) is 12.1 Å². The molecule has 1 nitrogen and oxygen atoms in total. The summed E-state index contributed by atoms with van der Waals surface area (Å²) < 4.78 is 26.7. The molecule has 0 unspecified atom stereocenters. The van der Waals surface area contributed by atoms with E-state index < -0.39 is 0 Å².